The Kier molecular flexibility index (Phi) is 5.52. The number of amides is 1. The normalized spacial score (nSPS) is 16.9. The van der Waals surface area contributed by atoms with Gasteiger partial charge in [0.25, 0.3) is 5.91 Å². The van der Waals surface area contributed by atoms with E-state index < -0.39 is 0 Å². The Labute approximate surface area is 172 Å². The molecule has 1 atom stereocenters. The fraction of sp³-hybridized carbons (Fsp3) is 0.333. The Hall–Kier alpha value is -2.54. The molecule has 1 aliphatic heterocycles. The molecule has 4 rings (SSSR count). The lowest BCUT2D eigenvalue weighted by Crippen LogP contribution is -2.47. The Morgan fingerprint density at radius 1 is 1.21 bits per heavy atom. The smallest absolute Gasteiger partial charge is 0.254 e. The van der Waals surface area contributed by atoms with Crippen LogP contribution in [-0.4, -0.2) is 44.9 Å². The summed E-state index contributed by atoms with van der Waals surface area (Å²) in [6.45, 7) is 3.36. The van der Waals surface area contributed by atoms with Crippen molar-refractivity contribution >= 4 is 38.7 Å². The minimum absolute atomic E-state index is 0.0690. The number of halogens is 1. The average Bonchev–Trinajstić information content (AvgIpc) is 2.72. The predicted octanol–water partition coefficient (Wildman–Crippen LogP) is 4.20. The van der Waals surface area contributed by atoms with E-state index in [0.717, 1.165) is 52.4 Å². The number of hydrogen-bond donors (Lipinski definition) is 1. The highest BCUT2D eigenvalue weighted by atomic mass is 79.9. The van der Waals surface area contributed by atoms with Gasteiger partial charge in [-0.3, -0.25) is 9.78 Å². The second kappa shape index (κ2) is 8.22. The standard InChI is InChI=1S/C21H22BrN5O/c1-14-8-9-17-18(6-4-7-19(17)26-14)20(28)27-10-3-2-5-16(27)13-25-21-23-11-15(22)12-24-21/h4,6-9,11-12,16H,2-3,5,10,13H2,1H3,(H,23,24,25)/t16-/m0/s1. The first-order chi connectivity index (χ1) is 13.6. The van der Waals surface area contributed by atoms with Crippen LogP contribution >= 0.6 is 15.9 Å². The van der Waals surface area contributed by atoms with Gasteiger partial charge in [-0.2, -0.15) is 0 Å². The van der Waals surface area contributed by atoms with E-state index in [1.54, 1.807) is 12.4 Å². The fourth-order valence-corrected chi connectivity index (χ4v) is 3.90. The number of hydrogen-bond acceptors (Lipinski definition) is 5. The molecular weight excluding hydrogens is 418 g/mol. The van der Waals surface area contributed by atoms with Crippen LogP contribution in [0.15, 0.2) is 47.2 Å². The molecule has 1 aromatic carbocycles. The van der Waals surface area contributed by atoms with Crippen LogP contribution in [0.5, 0.6) is 0 Å². The second-order valence-corrected chi connectivity index (χ2v) is 7.99. The van der Waals surface area contributed by atoms with Crippen LogP contribution in [0.25, 0.3) is 10.9 Å². The third kappa shape index (κ3) is 3.99. The Morgan fingerprint density at radius 2 is 2.04 bits per heavy atom. The number of piperidine rings is 1. The molecule has 1 aliphatic rings. The Balaban J connectivity index is 1.55. The maximum absolute atomic E-state index is 13.4. The number of fused-ring (bicyclic) bond motifs is 1. The van der Waals surface area contributed by atoms with Crippen molar-refractivity contribution in [2.24, 2.45) is 0 Å². The molecule has 6 nitrogen and oxygen atoms in total. The van der Waals surface area contributed by atoms with Crippen LogP contribution < -0.4 is 5.32 Å². The maximum Gasteiger partial charge on any atom is 0.254 e. The molecule has 1 fully saturated rings. The van der Waals surface area contributed by atoms with Crippen molar-refractivity contribution in [2.45, 2.75) is 32.2 Å². The van der Waals surface area contributed by atoms with Crippen LogP contribution in [0, 0.1) is 6.92 Å². The number of likely N-dealkylation sites (tertiary alicyclic amines) is 1. The number of rotatable bonds is 4. The van der Waals surface area contributed by atoms with Gasteiger partial charge in [0.05, 0.1) is 9.99 Å². The molecule has 0 radical (unpaired) electrons. The molecule has 1 amide bonds. The van der Waals surface area contributed by atoms with Gasteiger partial charge in [0.2, 0.25) is 5.95 Å². The van der Waals surface area contributed by atoms with Crippen LogP contribution in [0.4, 0.5) is 5.95 Å². The third-order valence-electron chi connectivity index (χ3n) is 5.11. The lowest BCUT2D eigenvalue weighted by Gasteiger charge is -2.36. The number of aryl methyl sites for hydroxylation is 1. The van der Waals surface area contributed by atoms with E-state index in [0.29, 0.717) is 12.5 Å². The highest BCUT2D eigenvalue weighted by Gasteiger charge is 2.28. The summed E-state index contributed by atoms with van der Waals surface area (Å²) in [5.41, 5.74) is 2.53. The fourth-order valence-electron chi connectivity index (χ4n) is 3.69. The summed E-state index contributed by atoms with van der Waals surface area (Å²) in [6.07, 6.45) is 6.54. The number of aromatic nitrogens is 3. The largest absolute Gasteiger partial charge is 0.352 e. The van der Waals surface area contributed by atoms with Crippen LogP contribution in [-0.2, 0) is 0 Å². The van der Waals surface area contributed by atoms with Crippen LogP contribution in [0.3, 0.4) is 0 Å². The van der Waals surface area contributed by atoms with Gasteiger partial charge >= 0.3 is 0 Å². The molecule has 0 saturated carbocycles. The molecule has 0 spiro atoms. The molecule has 28 heavy (non-hydrogen) atoms. The Bertz CT molecular complexity index is 992. The van der Waals surface area contributed by atoms with Crippen molar-refractivity contribution in [1.29, 1.82) is 0 Å². The Morgan fingerprint density at radius 3 is 2.86 bits per heavy atom. The maximum atomic E-state index is 13.4. The zero-order chi connectivity index (χ0) is 19.5. The van der Waals surface area contributed by atoms with Gasteiger partial charge in [-0.15, -0.1) is 0 Å². The summed E-state index contributed by atoms with van der Waals surface area (Å²) in [5.74, 6) is 0.644. The van der Waals surface area contributed by atoms with Gasteiger partial charge < -0.3 is 10.2 Å². The van der Waals surface area contributed by atoms with E-state index in [4.69, 9.17) is 0 Å². The number of anilines is 1. The van der Waals surface area contributed by atoms with Gasteiger partial charge in [-0.1, -0.05) is 12.1 Å². The number of nitrogens with one attached hydrogen (secondary N) is 1. The number of pyridine rings is 1. The molecule has 1 N–H and O–H groups in total. The van der Waals surface area contributed by atoms with Crippen molar-refractivity contribution in [2.75, 3.05) is 18.4 Å². The molecule has 1 saturated heterocycles. The molecule has 0 aliphatic carbocycles. The monoisotopic (exact) mass is 439 g/mol. The quantitative estimate of drug-likeness (QED) is 0.659. The minimum atomic E-state index is 0.0690. The van der Waals surface area contributed by atoms with E-state index in [2.05, 4.69) is 36.2 Å². The zero-order valence-electron chi connectivity index (χ0n) is 15.7. The highest BCUT2D eigenvalue weighted by molar-refractivity contribution is 9.10. The first kappa shape index (κ1) is 18.8. The summed E-state index contributed by atoms with van der Waals surface area (Å²) in [7, 11) is 0. The first-order valence-corrected chi connectivity index (χ1v) is 10.3. The summed E-state index contributed by atoms with van der Waals surface area (Å²) in [5, 5.41) is 4.18. The van der Waals surface area contributed by atoms with E-state index in [1.807, 2.05) is 42.2 Å². The summed E-state index contributed by atoms with van der Waals surface area (Å²) in [4.78, 5) is 28.5. The first-order valence-electron chi connectivity index (χ1n) is 9.50. The summed E-state index contributed by atoms with van der Waals surface area (Å²) < 4.78 is 0.840. The lowest BCUT2D eigenvalue weighted by molar-refractivity contribution is 0.0630. The van der Waals surface area contributed by atoms with E-state index in [-0.39, 0.29) is 11.9 Å². The van der Waals surface area contributed by atoms with Gasteiger partial charge in [0.1, 0.15) is 0 Å². The van der Waals surface area contributed by atoms with Crippen LogP contribution in [0.2, 0.25) is 0 Å². The van der Waals surface area contributed by atoms with Crippen LogP contribution in [0.1, 0.15) is 35.3 Å². The highest BCUT2D eigenvalue weighted by Crippen LogP contribution is 2.24. The second-order valence-electron chi connectivity index (χ2n) is 7.08. The predicted molar refractivity (Wildman–Crippen MR) is 113 cm³/mol. The molecule has 0 bridgehead atoms. The third-order valence-corrected chi connectivity index (χ3v) is 5.52. The SMILES string of the molecule is Cc1ccc2c(C(=O)N3CCCC[C@H]3CNc3ncc(Br)cn3)cccc2n1. The van der Waals surface area contributed by atoms with Crippen molar-refractivity contribution in [3.63, 3.8) is 0 Å². The number of carbonyl (C=O) groups is 1. The average molecular weight is 440 g/mol. The zero-order valence-corrected chi connectivity index (χ0v) is 17.3. The van der Waals surface area contributed by atoms with Crippen molar-refractivity contribution < 1.29 is 4.79 Å². The number of benzene rings is 1. The van der Waals surface area contributed by atoms with Gasteiger partial charge in [0, 0.05) is 48.2 Å². The van der Waals surface area contributed by atoms with Crippen molar-refractivity contribution in [1.82, 2.24) is 19.9 Å². The molecule has 0 unspecified atom stereocenters. The molecule has 144 valence electrons. The summed E-state index contributed by atoms with van der Waals surface area (Å²) in [6, 6.07) is 9.84. The lowest BCUT2D eigenvalue weighted by atomic mass is 9.99. The van der Waals surface area contributed by atoms with Gasteiger partial charge in [0.15, 0.2) is 0 Å². The van der Waals surface area contributed by atoms with Gasteiger partial charge in [-0.05, 0) is 60.3 Å². The van der Waals surface area contributed by atoms with Gasteiger partial charge in [-0.25, -0.2) is 9.97 Å². The molecule has 2 aromatic heterocycles. The molecular formula is C21H22BrN5O. The van der Waals surface area contributed by atoms with E-state index in [1.165, 1.54) is 0 Å². The van der Waals surface area contributed by atoms with Crippen molar-refractivity contribution in [3.05, 3.63) is 58.5 Å². The molecule has 3 aromatic rings. The molecule has 3 heterocycles. The minimum Gasteiger partial charge on any atom is -0.352 e. The number of carbonyl (C=O) groups excluding carboxylic acids is 1. The van der Waals surface area contributed by atoms with Crippen molar-refractivity contribution in [3.8, 4) is 0 Å². The molecule has 7 heteroatoms. The number of nitrogens with zero attached hydrogens (tertiary/aromatic N) is 4. The summed E-state index contributed by atoms with van der Waals surface area (Å²) >= 11 is 3.34. The topological polar surface area (TPSA) is 71.0 Å². The van der Waals surface area contributed by atoms with E-state index in [9.17, 15) is 4.79 Å². The van der Waals surface area contributed by atoms with E-state index >= 15 is 0 Å².